The third kappa shape index (κ3) is 4.50. The van der Waals surface area contributed by atoms with Crippen molar-refractivity contribution in [3.8, 4) is 17.2 Å². The molecule has 34 heavy (non-hydrogen) atoms. The summed E-state index contributed by atoms with van der Waals surface area (Å²) in [5.41, 5.74) is 3.60. The quantitative estimate of drug-likeness (QED) is 0.640. The second-order valence-electron chi connectivity index (χ2n) is 9.02. The van der Waals surface area contributed by atoms with Gasteiger partial charge in [0.25, 0.3) is 0 Å². The molecule has 182 valence electrons. The Hall–Kier alpha value is -3.04. The molecule has 9 nitrogen and oxygen atoms in total. The third-order valence-electron chi connectivity index (χ3n) is 6.81. The number of ketones is 1. The Kier molecular flexibility index (Phi) is 6.47. The fourth-order valence-electron chi connectivity index (χ4n) is 4.95. The van der Waals surface area contributed by atoms with E-state index < -0.39 is 0 Å². The van der Waals surface area contributed by atoms with E-state index in [1.54, 1.807) is 0 Å². The monoisotopic (exact) mass is 468 g/mol. The fraction of sp³-hybridized carbons (Fsp3) is 0.520. The lowest BCUT2D eigenvalue weighted by Gasteiger charge is -2.38. The maximum atomic E-state index is 13.2. The fourth-order valence-corrected chi connectivity index (χ4v) is 4.95. The third-order valence-corrected chi connectivity index (χ3v) is 6.81. The van der Waals surface area contributed by atoms with Crippen LogP contribution in [0.5, 0.6) is 11.5 Å². The predicted molar refractivity (Wildman–Crippen MR) is 126 cm³/mol. The molecule has 9 heteroatoms. The molecule has 1 aromatic carbocycles. The number of morpholine rings is 1. The minimum atomic E-state index is 0.0808. The first-order valence-corrected chi connectivity index (χ1v) is 12.0. The molecule has 0 N–H and O–H groups in total. The summed E-state index contributed by atoms with van der Waals surface area (Å²) in [7, 11) is 0. The van der Waals surface area contributed by atoms with E-state index >= 15 is 0 Å². The van der Waals surface area contributed by atoms with E-state index in [2.05, 4.69) is 9.47 Å². The van der Waals surface area contributed by atoms with Crippen LogP contribution in [0.3, 0.4) is 0 Å². The van der Waals surface area contributed by atoms with Crippen molar-refractivity contribution < 1.29 is 23.8 Å². The van der Waals surface area contributed by atoms with Crippen LogP contribution in [0.2, 0.25) is 0 Å². The zero-order chi connectivity index (χ0) is 23.7. The van der Waals surface area contributed by atoms with Gasteiger partial charge in [0.2, 0.25) is 0 Å². The van der Waals surface area contributed by atoms with Crippen molar-refractivity contribution in [3.05, 3.63) is 41.2 Å². The molecule has 4 heterocycles. The highest BCUT2D eigenvalue weighted by Gasteiger charge is 2.28. The molecule has 0 bridgehead atoms. The number of carbonyl (C=O) groups is 2. The minimum absolute atomic E-state index is 0.0808. The number of hydrogen-bond donors (Lipinski definition) is 0. The number of hydrogen-bond acceptors (Lipinski definition) is 6. The van der Waals surface area contributed by atoms with Gasteiger partial charge >= 0.3 is 6.03 Å². The highest BCUT2D eigenvalue weighted by Crippen LogP contribution is 2.33. The first kappa shape index (κ1) is 22.7. The van der Waals surface area contributed by atoms with Crippen LogP contribution in [0.15, 0.2) is 24.3 Å². The molecule has 2 saturated heterocycles. The van der Waals surface area contributed by atoms with Gasteiger partial charge in [-0.1, -0.05) is 0 Å². The van der Waals surface area contributed by atoms with E-state index in [1.807, 2.05) is 47.9 Å². The van der Waals surface area contributed by atoms with Gasteiger partial charge in [0.15, 0.2) is 17.3 Å². The number of fused-ring (bicyclic) bond motifs is 1. The molecular weight excluding hydrogens is 436 g/mol. The summed E-state index contributed by atoms with van der Waals surface area (Å²) in [5.74, 6) is 1.58. The Morgan fingerprint density at radius 3 is 2.24 bits per heavy atom. The summed E-state index contributed by atoms with van der Waals surface area (Å²) in [6, 6.07) is 7.92. The largest absolute Gasteiger partial charge is 0.486 e. The second kappa shape index (κ2) is 9.68. The van der Waals surface area contributed by atoms with Crippen LogP contribution in [-0.4, -0.2) is 103 Å². The zero-order valence-electron chi connectivity index (χ0n) is 19.9. The molecule has 3 aliphatic heterocycles. The van der Waals surface area contributed by atoms with Gasteiger partial charge in [-0.2, -0.15) is 0 Å². The first-order chi connectivity index (χ1) is 16.5. The Labute approximate surface area is 199 Å². The summed E-state index contributed by atoms with van der Waals surface area (Å²) in [4.78, 5) is 31.8. The number of piperazine rings is 1. The highest BCUT2D eigenvalue weighted by atomic mass is 16.6. The van der Waals surface area contributed by atoms with Crippen LogP contribution in [0.4, 0.5) is 4.79 Å². The zero-order valence-corrected chi connectivity index (χ0v) is 19.9. The normalized spacial score (nSPS) is 18.8. The maximum Gasteiger partial charge on any atom is 0.320 e. The smallest absolute Gasteiger partial charge is 0.320 e. The van der Waals surface area contributed by atoms with Gasteiger partial charge < -0.3 is 28.6 Å². The maximum absolute atomic E-state index is 13.2. The Balaban J connectivity index is 1.22. The predicted octanol–water partition coefficient (Wildman–Crippen LogP) is 2.12. The molecule has 0 atom stereocenters. The Morgan fingerprint density at radius 2 is 1.50 bits per heavy atom. The lowest BCUT2D eigenvalue weighted by Crippen LogP contribution is -2.55. The second-order valence-corrected chi connectivity index (χ2v) is 9.02. The minimum Gasteiger partial charge on any atom is -0.486 e. The first-order valence-electron chi connectivity index (χ1n) is 12.0. The van der Waals surface area contributed by atoms with Crippen LogP contribution in [0.25, 0.3) is 5.69 Å². The molecule has 0 aliphatic carbocycles. The van der Waals surface area contributed by atoms with Gasteiger partial charge in [-0.25, -0.2) is 4.79 Å². The number of rotatable bonds is 4. The Morgan fingerprint density at radius 1 is 0.824 bits per heavy atom. The Bertz CT molecular complexity index is 1070. The van der Waals surface area contributed by atoms with Crippen LogP contribution in [0.1, 0.15) is 21.7 Å². The molecule has 0 saturated carbocycles. The van der Waals surface area contributed by atoms with Gasteiger partial charge in [0.05, 0.1) is 19.8 Å². The van der Waals surface area contributed by atoms with E-state index in [9.17, 15) is 9.59 Å². The van der Waals surface area contributed by atoms with E-state index in [-0.39, 0.29) is 11.8 Å². The van der Waals surface area contributed by atoms with Crippen molar-refractivity contribution in [3.63, 3.8) is 0 Å². The summed E-state index contributed by atoms with van der Waals surface area (Å²) >= 11 is 0. The summed E-state index contributed by atoms with van der Waals surface area (Å²) in [6.45, 7) is 10.6. The average Bonchev–Trinajstić information content (AvgIpc) is 3.18. The lowest BCUT2D eigenvalue weighted by atomic mass is 10.1. The average molecular weight is 469 g/mol. The van der Waals surface area contributed by atoms with E-state index in [0.717, 1.165) is 34.1 Å². The number of nitrogens with zero attached hydrogens (tertiary/aromatic N) is 4. The SMILES string of the molecule is Cc1cc(C(=O)CN2CCN(C(=O)N3CCOCC3)CC2)c(C)n1-c1ccc2c(c1)OCCO2. The molecule has 2 fully saturated rings. The number of aryl methyl sites for hydroxylation is 1. The van der Waals surface area contributed by atoms with Crippen molar-refractivity contribution in [2.24, 2.45) is 0 Å². The summed E-state index contributed by atoms with van der Waals surface area (Å²) in [5, 5.41) is 0. The van der Waals surface area contributed by atoms with Crippen LogP contribution >= 0.6 is 0 Å². The van der Waals surface area contributed by atoms with Crippen molar-refractivity contribution in [2.45, 2.75) is 13.8 Å². The van der Waals surface area contributed by atoms with E-state index in [4.69, 9.17) is 14.2 Å². The molecule has 0 radical (unpaired) electrons. The molecule has 0 spiro atoms. The van der Waals surface area contributed by atoms with Gasteiger partial charge in [0, 0.05) is 68.0 Å². The summed E-state index contributed by atoms with van der Waals surface area (Å²) < 4.78 is 18.8. The summed E-state index contributed by atoms with van der Waals surface area (Å²) in [6.07, 6.45) is 0. The van der Waals surface area contributed by atoms with Gasteiger partial charge in [-0.15, -0.1) is 0 Å². The van der Waals surface area contributed by atoms with Crippen LogP contribution < -0.4 is 9.47 Å². The number of amides is 2. The molecule has 1 aromatic heterocycles. The van der Waals surface area contributed by atoms with Gasteiger partial charge in [0.1, 0.15) is 13.2 Å². The van der Waals surface area contributed by atoms with Gasteiger partial charge in [-0.05, 0) is 32.0 Å². The lowest BCUT2D eigenvalue weighted by molar-refractivity contribution is 0.0376. The van der Waals surface area contributed by atoms with Crippen molar-refractivity contribution >= 4 is 11.8 Å². The molecule has 5 rings (SSSR count). The number of aromatic nitrogens is 1. The standard InChI is InChI=1S/C25H32N4O5/c1-18-15-21(19(2)29(18)20-3-4-23-24(16-20)34-14-13-33-23)22(30)17-26-5-7-27(8-6-26)25(31)28-9-11-32-12-10-28/h3-4,15-16H,5-14,17H2,1-2H3. The number of Topliss-reactive ketones (excluding diaryl/α,β-unsaturated/α-hetero) is 1. The number of benzene rings is 1. The molecule has 2 aromatic rings. The molecular formula is C25H32N4O5. The van der Waals surface area contributed by atoms with Crippen molar-refractivity contribution in [1.29, 1.82) is 0 Å². The number of carbonyl (C=O) groups excluding carboxylic acids is 2. The van der Waals surface area contributed by atoms with E-state index in [0.29, 0.717) is 72.2 Å². The number of ether oxygens (including phenoxy) is 3. The van der Waals surface area contributed by atoms with Crippen molar-refractivity contribution in [1.82, 2.24) is 19.3 Å². The van der Waals surface area contributed by atoms with Gasteiger partial charge in [-0.3, -0.25) is 9.69 Å². The van der Waals surface area contributed by atoms with E-state index in [1.165, 1.54) is 0 Å². The molecule has 3 aliphatic rings. The number of urea groups is 1. The van der Waals surface area contributed by atoms with Crippen molar-refractivity contribution in [2.75, 3.05) is 72.2 Å². The van der Waals surface area contributed by atoms with Crippen LogP contribution in [-0.2, 0) is 4.74 Å². The topological polar surface area (TPSA) is 76.5 Å². The highest BCUT2D eigenvalue weighted by molar-refractivity contribution is 5.99. The van der Waals surface area contributed by atoms with Crippen LogP contribution in [0, 0.1) is 13.8 Å². The molecule has 0 unspecified atom stereocenters. The molecule has 2 amide bonds.